The van der Waals surface area contributed by atoms with E-state index in [-0.39, 0.29) is 16.8 Å². The van der Waals surface area contributed by atoms with Gasteiger partial charge in [-0.1, -0.05) is 39.7 Å². The van der Waals surface area contributed by atoms with Crippen molar-refractivity contribution in [3.05, 3.63) is 64.5 Å². The van der Waals surface area contributed by atoms with Gasteiger partial charge in [0.2, 0.25) is 0 Å². The van der Waals surface area contributed by atoms with Crippen molar-refractivity contribution in [2.24, 2.45) is 0 Å². The summed E-state index contributed by atoms with van der Waals surface area (Å²) in [5.41, 5.74) is 5.29. The van der Waals surface area contributed by atoms with Gasteiger partial charge in [0, 0.05) is 11.8 Å². The summed E-state index contributed by atoms with van der Waals surface area (Å²) >= 11 is 0. The summed E-state index contributed by atoms with van der Waals surface area (Å²) in [5.74, 6) is 5.96. The van der Waals surface area contributed by atoms with Crippen LogP contribution in [0.1, 0.15) is 80.2 Å². The average Bonchev–Trinajstić information content (AvgIpc) is 2.64. The molecule has 0 amide bonds. The molecule has 0 saturated carbocycles. The molecule has 3 heteroatoms. The fraction of sp³-hybridized carbons (Fsp3) is 0.417. The Morgan fingerprint density at radius 2 is 1.74 bits per heavy atom. The maximum absolute atomic E-state index is 11.7. The summed E-state index contributed by atoms with van der Waals surface area (Å²) in [4.78, 5) is 15.9. The number of ether oxygens (including phenoxy) is 1. The van der Waals surface area contributed by atoms with Gasteiger partial charge in [-0.3, -0.25) is 0 Å². The van der Waals surface area contributed by atoms with Gasteiger partial charge >= 0.3 is 5.97 Å². The Morgan fingerprint density at radius 1 is 1.04 bits per heavy atom. The zero-order chi connectivity index (χ0) is 19.7. The maximum Gasteiger partial charge on any atom is 0.339 e. The Morgan fingerprint density at radius 3 is 2.37 bits per heavy atom. The molecule has 1 heterocycles. The highest BCUT2D eigenvalue weighted by Crippen LogP contribution is 2.45. The lowest BCUT2D eigenvalue weighted by Gasteiger charge is -2.41. The molecular weight excluding hydrogens is 334 g/mol. The van der Waals surface area contributed by atoms with Crippen molar-refractivity contribution in [2.45, 2.75) is 58.3 Å². The SMILES string of the molecule is CCOC(=O)c1ccc(C#Cc2ccc3c(c2)C(C)(C)CCC3(C)C)nc1. The number of hydrogen-bond acceptors (Lipinski definition) is 3. The molecule has 0 fully saturated rings. The summed E-state index contributed by atoms with van der Waals surface area (Å²) < 4.78 is 4.97. The number of rotatable bonds is 2. The molecule has 0 aliphatic heterocycles. The van der Waals surface area contributed by atoms with E-state index in [0.29, 0.717) is 17.9 Å². The zero-order valence-electron chi connectivity index (χ0n) is 16.8. The van der Waals surface area contributed by atoms with Gasteiger partial charge in [0.05, 0.1) is 12.2 Å². The summed E-state index contributed by atoms with van der Waals surface area (Å²) in [5, 5.41) is 0. The Labute approximate surface area is 162 Å². The van der Waals surface area contributed by atoms with Crippen molar-refractivity contribution in [1.29, 1.82) is 0 Å². The first kappa shape index (κ1) is 19.2. The lowest BCUT2D eigenvalue weighted by molar-refractivity contribution is 0.0526. The second-order valence-corrected chi connectivity index (χ2v) is 8.43. The third kappa shape index (κ3) is 4.06. The van der Waals surface area contributed by atoms with Gasteiger partial charge < -0.3 is 4.74 Å². The summed E-state index contributed by atoms with van der Waals surface area (Å²) in [6.07, 6.45) is 3.90. The fourth-order valence-corrected chi connectivity index (χ4v) is 3.61. The van der Waals surface area contributed by atoms with Crippen LogP contribution in [0.5, 0.6) is 0 Å². The minimum atomic E-state index is -0.357. The second kappa shape index (κ2) is 7.19. The minimum absolute atomic E-state index is 0.169. The van der Waals surface area contributed by atoms with Crippen LogP contribution in [-0.4, -0.2) is 17.6 Å². The molecule has 0 bridgehead atoms. The number of nitrogens with zero attached hydrogens (tertiary/aromatic N) is 1. The Balaban J connectivity index is 1.87. The molecule has 0 N–H and O–H groups in total. The standard InChI is InChI=1S/C24H27NO2/c1-6-27-22(26)18-9-11-19(25-16-18)10-7-17-8-12-20-21(15-17)24(4,5)14-13-23(20,2)3/h8-9,11-12,15-16H,6,13-14H2,1-5H3. The number of fused-ring (bicyclic) bond motifs is 1. The van der Waals surface area contributed by atoms with Crippen LogP contribution < -0.4 is 0 Å². The first-order valence-electron chi connectivity index (χ1n) is 9.53. The molecule has 0 saturated heterocycles. The number of hydrogen-bond donors (Lipinski definition) is 0. The van der Waals surface area contributed by atoms with Crippen LogP contribution in [0.3, 0.4) is 0 Å². The van der Waals surface area contributed by atoms with Gasteiger partial charge in [0.15, 0.2) is 0 Å². The maximum atomic E-state index is 11.7. The van der Waals surface area contributed by atoms with Crippen molar-refractivity contribution < 1.29 is 9.53 Å². The van der Waals surface area contributed by atoms with Crippen LogP contribution in [0.25, 0.3) is 0 Å². The van der Waals surface area contributed by atoms with E-state index in [1.807, 2.05) is 0 Å². The van der Waals surface area contributed by atoms with Gasteiger partial charge in [0.25, 0.3) is 0 Å². The topological polar surface area (TPSA) is 39.2 Å². The van der Waals surface area contributed by atoms with E-state index in [4.69, 9.17) is 4.74 Å². The number of esters is 1. The second-order valence-electron chi connectivity index (χ2n) is 8.43. The number of pyridine rings is 1. The normalized spacial score (nSPS) is 16.6. The van der Waals surface area contributed by atoms with Crippen molar-refractivity contribution in [3.8, 4) is 11.8 Å². The third-order valence-electron chi connectivity index (χ3n) is 5.46. The Kier molecular flexibility index (Phi) is 5.11. The molecule has 1 aromatic heterocycles. The van der Waals surface area contributed by atoms with E-state index >= 15 is 0 Å². The lowest BCUT2D eigenvalue weighted by Crippen LogP contribution is -2.33. The summed E-state index contributed by atoms with van der Waals surface area (Å²) in [7, 11) is 0. The molecule has 27 heavy (non-hydrogen) atoms. The largest absolute Gasteiger partial charge is 0.462 e. The number of benzene rings is 1. The first-order valence-corrected chi connectivity index (χ1v) is 9.53. The number of aromatic nitrogens is 1. The molecule has 0 radical (unpaired) electrons. The van der Waals surface area contributed by atoms with Crippen molar-refractivity contribution >= 4 is 5.97 Å². The molecule has 0 spiro atoms. The lowest BCUT2D eigenvalue weighted by atomic mass is 9.63. The van der Waals surface area contributed by atoms with E-state index in [1.54, 1.807) is 19.1 Å². The monoisotopic (exact) mass is 361 g/mol. The highest BCUT2D eigenvalue weighted by atomic mass is 16.5. The highest BCUT2D eigenvalue weighted by Gasteiger charge is 2.36. The Hall–Kier alpha value is -2.60. The van der Waals surface area contributed by atoms with Gasteiger partial charge in [-0.05, 0) is 71.9 Å². The molecule has 140 valence electrons. The predicted octanol–water partition coefficient (Wildman–Crippen LogP) is 5.01. The van der Waals surface area contributed by atoms with E-state index in [9.17, 15) is 4.79 Å². The van der Waals surface area contributed by atoms with Crippen LogP contribution in [0.2, 0.25) is 0 Å². The molecule has 0 unspecified atom stereocenters. The number of carbonyl (C=O) groups excluding carboxylic acids is 1. The first-order chi connectivity index (χ1) is 12.7. The van der Waals surface area contributed by atoms with E-state index in [0.717, 1.165) is 5.56 Å². The Bertz CT molecular complexity index is 912. The van der Waals surface area contributed by atoms with Crippen LogP contribution in [0.15, 0.2) is 36.5 Å². The van der Waals surface area contributed by atoms with E-state index < -0.39 is 0 Å². The van der Waals surface area contributed by atoms with Crippen LogP contribution >= 0.6 is 0 Å². The molecule has 3 rings (SSSR count). The van der Waals surface area contributed by atoms with E-state index in [1.165, 1.54) is 30.2 Å². The quantitative estimate of drug-likeness (QED) is 0.558. The average molecular weight is 361 g/mol. The van der Waals surface area contributed by atoms with Crippen LogP contribution in [-0.2, 0) is 15.6 Å². The van der Waals surface area contributed by atoms with Crippen molar-refractivity contribution in [1.82, 2.24) is 4.98 Å². The van der Waals surface area contributed by atoms with Crippen molar-refractivity contribution in [2.75, 3.05) is 6.61 Å². The molecule has 0 atom stereocenters. The van der Waals surface area contributed by atoms with Crippen LogP contribution in [0.4, 0.5) is 0 Å². The smallest absolute Gasteiger partial charge is 0.339 e. The van der Waals surface area contributed by atoms with Gasteiger partial charge in [-0.25, -0.2) is 9.78 Å². The zero-order valence-corrected chi connectivity index (χ0v) is 16.8. The molecule has 2 aromatic rings. The molecule has 1 aromatic carbocycles. The van der Waals surface area contributed by atoms with Crippen LogP contribution in [0, 0.1) is 11.8 Å². The molecular formula is C24H27NO2. The molecule has 3 nitrogen and oxygen atoms in total. The van der Waals surface area contributed by atoms with Gasteiger partial charge in [0.1, 0.15) is 5.69 Å². The molecule has 1 aliphatic carbocycles. The van der Waals surface area contributed by atoms with Gasteiger partial charge in [-0.2, -0.15) is 0 Å². The predicted molar refractivity (Wildman–Crippen MR) is 108 cm³/mol. The minimum Gasteiger partial charge on any atom is -0.462 e. The summed E-state index contributed by atoms with van der Waals surface area (Å²) in [6.45, 7) is 11.4. The van der Waals surface area contributed by atoms with Crippen molar-refractivity contribution in [3.63, 3.8) is 0 Å². The number of carbonyl (C=O) groups is 1. The third-order valence-corrected chi connectivity index (χ3v) is 5.46. The molecule has 1 aliphatic rings. The highest BCUT2D eigenvalue weighted by molar-refractivity contribution is 5.89. The fourth-order valence-electron chi connectivity index (χ4n) is 3.61. The van der Waals surface area contributed by atoms with Gasteiger partial charge in [-0.15, -0.1) is 0 Å². The van der Waals surface area contributed by atoms with E-state index in [2.05, 4.69) is 62.7 Å². The summed E-state index contributed by atoms with van der Waals surface area (Å²) in [6, 6.07) is 10.0.